The van der Waals surface area contributed by atoms with Crippen LogP contribution in [0.5, 0.6) is 0 Å². The Morgan fingerprint density at radius 1 is 0.632 bits per heavy atom. The van der Waals surface area contributed by atoms with Crippen molar-refractivity contribution in [1.82, 2.24) is 0 Å². The molecule has 194 valence electrons. The highest BCUT2D eigenvalue weighted by atomic mass is 32.3. The van der Waals surface area contributed by atoms with Gasteiger partial charge in [0.15, 0.2) is 0 Å². The molecule has 10 heteroatoms. The monoisotopic (exact) mass is 556 g/mol. The second-order valence-corrected chi connectivity index (χ2v) is 12.6. The molecule has 0 saturated heterocycles. The lowest BCUT2D eigenvalue weighted by molar-refractivity contribution is -0.137. The molecule has 0 aliphatic rings. The van der Waals surface area contributed by atoms with E-state index in [1.807, 2.05) is 0 Å². The predicted octanol–water partition coefficient (Wildman–Crippen LogP) is 7.41. The topological polar surface area (TPSA) is 73.6 Å². The van der Waals surface area contributed by atoms with Crippen LogP contribution in [0.25, 0.3) is 11.0 Å². The maximum Gasteiger partial charge on any atom is 0.416 e. The van der Waals surface area contributed by atoms with Gasteiger partial charge in [-0.3, -0.25) is 0 Å². The molecule has 5 nitrogen and oxygen atoms in total. The molecule has 5 rings (SSSR count). The molecule has 0 unspecified atom stereocenters. The zero-order valence-corrected chi connectivity index (χ0v) is 21.1. The summed E-state index contributed by atoms with van der Waals surface area (Å²) < 4.78 is 78.2. The summed E-state index contributed by atoms with van der Waals surface area (Å²) in [6.07, 6.45) is -4.62. The van der Waals surface area contributed by atoms with Crippen molar-refractivity contribution < 1.29 is 29.6 Å². The lowest BCUT2D eigenvalue weighted by Gasteiger charge is -2.39. The summed E-state index contributed by atoms with van der Waals surface area (Å²) in [5, 5.41) is 0.619. The van der Waals surface area contributed by atoms with E-state index in [2.05, 4.69) is 0 Å². The van der Waals surface area contributed by atoms with E-state index >= 15 is 0 Å². The highest BCUT2D eigenvalue weighted by molar-refractivity contribution is 8.33. The van der Waals surface area contributed by atoms with Gasteiger partial charge in [-0.2, -0.15) is 21.6 Å². The highest BCUT2D eigenvalue weighted by Crippen LogP contribution is 2.70. The van der Waals surface area contributed by atoms with E-state index in [4.69, 9.17) is 8.05 Å². The minimum Gasteiger partial charge on any atom is -0.423 e. The van der Waals surface area contributed by atoms with E-state index in [1.165, 1.54) is 6.07 Å². The number of alkyl halides is 3. The van der Waals surface area contributed by atoms with Crippen molar-refractivity contribution in [2.45, 2.75) is 25.8 Å². The summed E-state index contributed by atoms with van der Waals surface area (Å²) >= 11 is 0. The van der Waals surface area contributed by atoms with Crippen LogP contribution in [-0.2, 0) is 19.9 Å². The molecule has 0 radical (unpaired) electrons. The number of fused-ring (bicyclic) bond motifs is 1. The van der Waals surface area contributed by atoms with Crippen LogP contribution in [-0.4, -0.2) is 8.42 Å². The highest BCUT2D eigenvalue weighted by Gasteiger charge is 2.39. The molecular formula is C28H19F3O5S2. The van der Waals surface area contributed by atoms with Crippen molar-refractivity contribution in [3.8, 4) is 0 Å². The maximum absolute atomic E-state index is 13.7. The summed E-state index contributed by atoms with van der Waals surface area (Å²) in [5.41, 5.74) is -1.33. The number of hydrogen-bond donors (Lipinski definition) is 0. The Balaban J connectivity index is 1.77. The fourth-order valence-corrected chi connectivity index (χ4v) is 9.19. The van der Waals surface area contributed by atoms with E-state index in [0.29, 0.717) is 32.2 Å². The molecule has 0 saturated carbocycles. The predicted molar refractivity (Wildman–Crippen MR) is 137 cm³/mol. The minimum atomic E-state index is -4.62. The first kappa shape index (κ1) is 25.8. The quantitative estimate of drug-likeness (QED) is 0.204. The lowest BCUT2D eigenvalue weighted by Crippen LogP contribution is -2.15. The average molecular weight is 557 g/mol. The van der Waals surface area contributed by atoms with Crippen molar-refractivity contribution in [1.29, 1.82) is 0 Å². The number of halogens is 3. The SMILES string of the molecule is O=c1ccc2ccc(S(OS(=O)(=O)c3ccc(C(F)(F)F)cc3)(c3ccccc3)c3ccccc3)cc2o1. The molecule has 0 bridgehead atoms. The summed E-state index contributed by atoms with van der Waals surface area (Å²) in [7, 11) is -7.66. The van der Waals surface area contributed by atoms with Crippen LogP contribution in [0.4, 0.5) is 13.2 Å². The Hall–Kier alpha value is -3.86. The lowest BCUT2D eigenvalue weighted by atomic mass is 10.2. The largest absolute Gasteiger partial charge is 0.423 e. The minimum absolute atomic E-state index is 0.231. The molecule has 0 spiro atoms. The molecule has 0 aliphatic carbocycles. The Kier molecular flexibility index (Phi) is 6.64. The van der Waals surface area contributed by atoms with E-state index < -0.39 is 42.7 Å². The Morgan fingerprint density at radius 3 is 1.71 bits per heavy atom. The van der Waals surface area contributed by atoms with Crippen LogP contribution in [0.2, 0.25) is 0 Å². The number of rotatable bonds is 6. The van der Waals surface area contributed by atoms with Crippen LogP contribution < -0.4 is 5.63 Å². The third-order valence-electron chi connectivity index (χ3n) is 5.74. The fraction of sp³-hybridized carbons (Fsp3) is 0.0357. The van der Waals surface area contributed by atoms with Crippen molar-refractivity contribution in [3.05, 3.63) is 131 Å². The van der Waals surface area contributed by atoms with Gasteiger partial charge in [-0.1, -0.05) is 42.5 Å². The van der Waals surface area contributed by atoms with Gasteiger partial charge in [-0.25, -0.2) is 8.42 Å². The summed E-state index contributed by atoms with van der Waals surface area (Å²) in [6.45, 7) is 0. The smallest absolute Gasteiger partial charge is 0.416 e. The van der Waals surface area contributed by atoms with Gasteiger partial charge in [0.1, 0.15) is 5.58 Å². The molecule has 5 aromatic rings. The van der Waals surface area contributed by atoms with Crippen LogP contribution in [0, 0.1) is 0 Å². The molecule has 4 aromatic carbocycles. The maximum atomic E-state index is 13.7. The van der Waals surface area contributed by atoms with Gasteiger partial charge in [-0.15, -0.1) is 0 Å². The first-order valence-electron chi connectivity index (χ1n) is 11.2. The van der Waals surface area contributed by atoms with Crippen molar-refractivity contribution in [2.75, 3.05) is 0 Å². The van der Waals surface area contributed by atoms with Crippen LogP contribution in [0.1, 0.15) is 5.56 Å². The van der Waals surface area contributed by atoms with Crippen molar-refractivity contribution in [3.63, 3.8) is 0 Å². The summed E-state index contributed by atoms with van der Waals surface area (Å²) in [4.78, 5) is 12.9. The van der Waals surface area contributed by atoms with Crippen LogP contribution in [0.3, 0.4) is 0 Å². The third kappa shape index (κ3) is 4.85. The zero-order valence-electron chi connectivity index (χ0n) is 19.5. The Labute approximate surface area is 217 Å². The summed E-state index contributed by atoms with van der Waals surface area (Å²) in [6, 6.07) is 28.3. The number of hydrogen-bond acceptors (Lipinski definition) is 5. The third-order valence-corrected chi connectivity index (χ3v) is 10.9. The molecule has 0 N–H and O–H groups in total. The van der Waals surface area contributed by atoms with Crippen LogP contribution >= 0.6 is 10.3 Å². The first-order valence-corrected chi connectivity index (χ1v) is 14.2. The van der Waals surface area contributed by atoms with E-state index in [-0.39, 0.29) is 5.58 Å². The summed E-state index contributed by atoms with van der Waals surface area (Å²) in [5.74, 6) is 0. The van der Waals surface area contributed by atoms with Gasteiger partial charge in [0.2, 0.25) is 0 Å². The molecule has 1 aromatic heterocycles. The van der Waals surface area contributed by atoms with Gasteiger partial charge in [0.25, 0.3) is 0 Å². The molecule has 0 amide bonds. The molecular weight excluding hydrogens is 537 g/mol. The molecule has 0 aliphatic heterocycles. The molecule has 0 fully saturated rings. The molecule has 0 atom stereocenters. The molecule has 1 heterocycles. The van der Waals surface area contributed by atoms with Gasteiger partial charge in [0, 0.05) is 26.1 Å². The fourth-order valence-electron chi connectivity index (χ4n) is 3.95. The second-order valence-electron chi connectivity index (χ2n) is 8.18. The second kappa shape index (κ2) is 9.79. The van der Waals surface area contributed by atoms with Crippen LogP contribution in [0.15, 0.2) is 144 Å². The zero-order chi connectivity index (χ0) is 27.0. The van der Waals surface area contributed by atoms with Gasteiger partial charge < -0.3 is 4.42 Å². The Morgan fingerprint density at radius 2 is 1.16 bits per heavy atom. The van der Waals surface area contributed by atoms with Crippen molar-refractivity contribution >= 4 is 31.4 Å². The standard InChI is InChI=1S/C28H19F3O5S2/c29-28(30,31)21-13-16-24(17-14-21)38(33,34)36-37(22-7-3-1-4-8-22,23-9-5-2-6-10-23)25-15-11-20-12-18-27(32)35-26(20)19-25/h1-19H. The average Bonchev–Trinajstić information content (AvgIpc) is 2.92. The Bertz CT molecular complexity index is 1710. The van der Waals surface area contributed by atoms with Gasteiger partial charge in [-0.05, 0) is 77.0 Å². The van der Waals surface area contributed by atoms with E-state index in [1.54, 1.807) is 84.9 Å². The van der Waals surface area contributed by atoms with Crippen molar-refractivity contribution in [2.24, 2.45) is 0 Å². The van der Waals surface area contributed by atoms with Gasteiger partial charge in [0.05, 0.1) is 10.5 Å². The normalized spacial score (nSPS) is 12.9. The van der Waals surface area contributed by atoms with E-state index in [9.17, 15) is 26.4 Å². The number of benzene rings is 4. The first-order chi connectivity index (χ1) is 18.1. The van der Waals surface area contributed by atoms with Gasteiger partial charge >= 0.3 is 21.9 Å². The molecule has 38 heavy (non-hydrogen) atoms. The van der Waals surface area contributed by atoms with E-state index in [0.717, 1.165) is 12.1 Å².